The molecule has 0 aliphatic heterocycles. The van der Waals surface area contributed by atoms with Crippen LogP contribution in [0.4, 0.5) is 0 Å². The lowest BCUT2D eigenvalue weighted by Gasteiger charge is -2.18. The van der Waals surface area contributed by atoms with E-state index in [4.69, 9.17) is 14.2 Å². The number of ether oxygens (including phenoxy) is 3. The number of carbonyl (C=O) groups excluding carboxylic acids is 3. The molecule has 0 fully saturated rings. The van der Waals surface area contributed by atoms with Gasteiger partial charge >= 0.3 is 17.9 Å². The average Bonchev–Trinajstić information content (AvgIpc) is 3.23. The van der Waals surface area contributed by atoms with E-state index < -0.39 is 6.10 Å². The number of hydrogen-bond donors (Lipinski definition) is 0. The van der Waals surface area contributed by atoms with Gasteiger partial charge in [-0.05, 0) is 31.1 Å². The normalized spacial score (nSPS) is 12.0. The van der Waals surface area contributed by atoms with Gasteiger partial charge < -0.3 is 14.2 Å². The van der Waals surface area contributed by atoms with Crippen LogP contribution in [0.2, 0.25) is 0 Å². The van der Waals surface area contributed by atoms with Crippen molar-refractivity contribution < 1.29 is 28.6 Å². The third-order valence-corrected chi connectivity index (χ3v) is 12.5. The summed E-state index contributed by atoms with van der Waals surface area (Å²) < 4.78 is 16.8. The second-order valence-corrected chi connectivity index (χ2v) is 19.8. The summed E-state index contributed by atoms with van der Waals surface area (Å²) in [4.78, 5) is 37.9. The Hall–Kier alpha value is -1.59. The maximum Gasteiger partial charge on any atom is 0.306 e. The average molecular weight is 863 g/mol. The Morgan fingerprint density at radius 2 is 0.541 bits per heavy atom. The summed E-state index contributed by atoms with van der Waals surface area (Å²) >= 11 is 0. The summed E-state index contributed by atoms with van der Waals surface area (Å²) in [5, 5.41) is 0. The summed E-state index contributed by atoms with van der Waals surface area (Å²) in [5.74, 6) is 0.807. The van der Waals surface area contributed by atoms with E-state index in [1.54, 1.807) is 0 Å². The molecule has 0 bridgehead atoms. The summed E-state index contributed by atoms with van der Waals surface area (Å²) in [7, 11) is 0. The molecule has 6 nitrogen and oxygen atoms in total. The first-order chi connectivity index (χ1) is 29.7. The number of unbranched alkanes of at least 4 members (excludes halogenated alkanes) is 34. The minimum atomic E-state index is -0.761. The number of carbonyl (C=O) groups is 3. The van der Waals surface area contributed by atoms with Crippen molar-refractivity contribution in [1.29, 1.82) is 0 Å². The maximum absolute atomic E-state index is 12.8. The predicted octanol–water partition coefficient (Wildman–Crippen LogP) is 17.7. The quantitative estimate of drug-likeness (QED) is 0.0344. The molecule has 0 rings (SSSR count). The lowest BCUT2D eigenvalue weighted by molar-refractivity contribution is -0.167. The Kier molecular flexibility index (Phi) is 46.6. The molecule has 0 aromatic rings. The fourth-order valence-corrected chi connectivity index (χ4v) is 8.34. The van der Waals surface area contributed by atoms with Crippen LogP contribution in [0.3, 0.4) is 0 Å². The SMILES string of the molecule is CCCCCCCCCCCCCC(=O)OC[C@H](COC(=O)CCCCCCCCCCC(C)C)OC(=O)CCCCCCCCCCCCCCCCCCCCC(C)C. The molecule has 1 atom stereocenters. The Bertz CT molecular complexity index is 931. The molecular weight excluding hydrogens is 757 g/mol. The Morgan fingerprint density at radius 1 is 0.311 bits per heavy atom. The number of esters is 3. The number of hydrogen-bond acceptors (Lipinski definition) is 6. The van der Waals surface area contributed by atoms with Gasteiger partial charge in [-0.3, -0.25) is 14.4 Å². The Balaban J connectivity index is 4.22. The molecule has 362 valence electrons. The fourth-order valence-electron chi connectivity index (χ4n) is 8.34. The predicted molar refractivity (Wildman–Crippen MR) is 261 cm³/mol. The van der Waals surface area contributed by atoms with E-state index in [1.165, 1.54) is 193 Å². The van der Waals surface area contributed by atoms with E-state index in [2.05, 4.69) is 34.6 Å². The van der Waals surface area contributed by atoms with Crippen LogP contribution in [0, 0.1) is 11.8 Å². The van der Waals surface area contributed by atoms with Crippen molar-refractivity contribution in [2.45, 2.75) is 310 Å². The van der Waals surface area contributed by atoms with Gasteiger partial charge in [0.25, 0.3) is 0 Å². The molecule has 0 saturated carbocycles. The first-order valence-corrected chi connectivity index (χ1v) is 27.2. The lowest BCUT2D eigenvalue weighted by Crippen LogP contribution is -2.30. The highest BCUT2D eigenvalue weighted by Gasteiger charge is 2.19. The molecule has 0 aromatic carbocycles. The molecule has 6 heteroatoms. The number of rotatable bonds is 49. The van der Waals surface area contributed by atoms with Gasteiger partial charge in [-0.2, -0.15) is 0 Å². The molecule has 0 N–H and O–H groups in total. The zero-order valence-electron chi connectivity index (χ0n) is 41.8. The molecule has 0 aliphatic carbocycles. The lowest BCUT2D eigenvalue weighted by atomic mass is 10.0. The minimum Gasteiger partial charge on any atom is -0.462 e. The van der Waals surface area contributed by atoms with Gasteiger partial charge in [-0.25, -0.2) is 0 Å². The molecule has 0 heterocycles. The van der Waals surface area contributed by atoms with Gasteiger partial charge in [0.2, 0.25) is 0 Å². The molecule has 0 saturated heterocycles. The minimum absolute atomic E-state index is 0.0637. The van der Waals surface area contributed by atoms with Crippen molar-refractivity contribution in [2.24, 2.45) is 11.8 Å². The van der Waals surface area contributed by atoms with Crippen LogP contribution < -0.4 is 0 Å². The van der Waals surface area contributed by atoms with Crippen molar-refractivity contribution in [2.75, 3.05) is 13.2 Å². The summed E-state index contributed by atoms with van der Waals surface area (Å²) in [5.41, 5.74) is 0. The molecule has 61 heavy (non-hydrogen) atoms. The van der Waals surface area contributed by atoms with E-state index in [-0.39, 0.29) is 31.1 Å². The van der Waals surface area contributed by atoms with E-state index in [0.717, 1.165) is 69.6 Å². The maximum atomic E-state index is 12.8. The molecule has 0 spiro atoms. The monoisotopic (exact) mass is 863 g/mol. The molecule has 0 amide bonds. The van der Waals surface area contributed by atoms with Crippen molar-refractivity contribution >= 4 is 17.9 Å². The van der Waals surface area contributed by atoms with Crippen LogP contribution in [-0.2, 0) is 28.6 Å². The van der Waals surface area contributed by atoms with Crippen LogP contribution in [0.25, 0.3) is 0 Å². The van der Waals surface area contributed by atoms with E-state index in [0.29, 0.717) is 19.3 Å². The van der Waals surface area contributed by atoms with Crippen LogP contribution in [0.5, 0.6) is 0 Å². The highest BCUT2D eigenvalue weighted by Crippen LogP contribution is 2.18. The van der Waals surface area contributed by atoms with E-state index in [1.807, 2.05) is 0 Å². The van der Waals surface area contributed by atoms with Crippen molar-refractivity contribution in [3.8, 4) is 0 Å². The summed E-state index contributed by atoms with van der Waals surface area (Å²) in [6, 6.07) is 0. The molecular formula is C55H106O6. The van der Waals surface area contributed by atoms with Gasteiger partial charge in [0.05, 0.1) is 0 Å². The zero-order chi connectivity index (χ0) is 44.7. The third-order valence-electron chi connectivity index (χ3n) is 12.5. The molecule has 0 aliphatic rings. The van der Waals surface area contributed by atoms with E-state index >= 15 is 0 Å². The van der Waals surface area contributed by atoms with E-state index in [9.17, 15) is 14.4 Å². The van der Waals surface area contributed by atoms with Gasteiger partial charge in [-0.1, -0.05) is 266 Å². The van der Waals surface area contributed by atoms with Crippen molar-refractivity contribution in [3.63, 3.8) is 0 Å². The van der Waals surface area contributed by atoms with Crippen molar-refractivity contribution in [3.05, 3.63) is 0 Å². The highest BCUT2D eigenvalue weighted by atomic mass is 16.6. The standard InChI is InChI=1S/C55H106O6/c1-6-7-8-9-10-11-20-24-30-35-40-45-53(56)59-48-52(49-60-54(57)46-41-36-31-27-26-29-34-39-44-51(4)5)61-55(58)47-42-37-32-25-22-19-17-15-13-12-14-16-18-21-23-28-33-38-43-50(2)3/h50-52H,6-49H2,1-5H3/t52-/m1/s1. The van der Waals surface area contributed by atoms with Crippen LogP contribution in [0.15, 0.2) is 0 Å². The van der Waals surface area contributed by atoms with Gasteiger partial charge in [0.15, 0.2) is 6.10 Å². The van der Waals surface area contributed by atoms with Crippen LogP contribution in [-0.4, -0.2) is 37.2 Å². The molecule has 0 unspecified atom stereocenters. The second-order valence-electron chi connectivity index (χ2n) is 19.8. The molecule has 0 aromatic heterocycles. The summed E-state index contributed by atoms with van der Waals surface area (Å²) in [6.45, 7) is 11.4. The Labute approximate surface area is 380 Å². The smallest absolute Gasteiger partial charge is 0.306 e. The first-order valence-electron chi connectivity index (χ1n) is 27.2. The molecule has 0 radical (unpaired) electrons. The van der Waals surface area contributed by atoms with Gasteiger partial charge in [-0.15, -0.1) is 0 Å². The largest absolute Gasteiger partial charge is 0.462 e. The second kappa shape index (κ2) is 47.9. The van der Waals surface area contributed by atoms with Crippen molar-refractivity contribution in [1.82, 2.24) is 0 Å². The third kappa shape index (κ3) is 49.3. The first kappa shape index (κ1) is 59.4. The van der Waals surface area contributed by atoms with Gasteiger partial charge in [0.1, 0.15) is 13.2 Å². The summed E-state index contributed by atoms with van der Waals surface area (Å²) in [6.07, 6.45) is 49.6. The Morgan fingerprint density at radius 3 is 0.803 bits per heavy atom. The topological polar surface area (TPSA) is 78.9 Å². The van der Waals surface area contributed by atoms with Crippen LogP contribution >= 0.6 is 0 Å². The highest BCUT2D eigenvalue weighted by molar-refractivity contribution is 5.71. The van der Waals surface area contributed by atoms with Crippen LogP contribution in [0.1, 0.15) is 304 Å². The fraction of sp³-hybridized carbons (Fsp3) is 0.945. The zero-order valence-corrected chi connectivity index (χ0v) is 41.8. The van der Waals surface area contributed by atoms with Gasteiger partial charge in [0, 0.05) is 19.3 Å².